The van der Waals surface area contributed by atoms with Gasteiger partial charge in [0.05, 0.1) is 15.1 Å². The van der Waals surface area contributed by atoms with Crippen molar-refractivity contribution in [1.29, 1.82) is 0 Å². The van der Waals surface area contributed by atoms with Gasteiger partial charge in [-0.2, -0.15) is 0 Å². The van der Waals surface area contributed by atoms with Crippen LogP contribution in [0, 0.1) is 0 Å². The van der Waals surface area contributed by atoms with Crippen molar-refractivity contribution >= 4 is 46.4 Å². The van der Waals surface area contributed by atoms with E-state index < -0.39 is 0 Å². The van der Waals surface area contributed by atoms with E-state index in [1.54, 1.807) is 36.4 Å². The number of hydrogen-bond acceptors (Lipinski definition) is 1. The molecule has 2 aromatic carbocycles. The van der Waals surface area contributed by atoms with Crippen LogP contribution in [0.4, 0.5) is 0 Å². The molecule has 0 aliphatic heterocycles. The molecule has 17 heavy (non-hydrogen) atoms. The zero-order valence-electron chi connectivity index (χ0n) is 8.38. The first-order chi connectivity index (χ1) is 8.09. The normalized spacial score (nSPS) is 10.4. The lowest BCUT2D eigenvalue weighted by atomic mass is 10.3. The van der Waals surface area contributed by atoms with Crippen LogP contribution in [0.5, 0.6) is 11.5 Å². The van der Waals surface area contributed by atoms with E-state index in [0.717, 1.165) is 0 Å². The minimum absolute atomic E-state index is 0.263. The third-order valence-corrected chi connectivity index (χ3v) is 3.45. The van der Waals surface area contributed by atoms with E-state index in [9.17, 15) is 0 Å². The Labute approximate surface area is 119 Å². The van der Waals surface area contributed by atoms with E-state index in [0.29, 0.717) is 26.6 Å². The summed E-state index contributed by atoms with van der Waals surface area (Å²) in [6.07, 6.45) is 0. The van der Waals surface area contributed by atoms with Crippen LogP contribution in [0.3, 0.4) is 0 Å². The second kappa shape index (κ2) is 5.36. The highest BCUT2D eigenvalue weighted by Crippen LogP contribution is 2.41. The summed E-state index contributed by atoms with van der Waals surface area (Å²) in [6, 6.07) is 10.2. The molecule has 1 nitrogen and oxygen atoms in total. The van der Waals surface area contributed by atoms with Crippen molar-refractivity contribution in [3.8, 4) is 11.5 Å². The van der Waals surface area contributed by atoms with Crippen molar-refractivity contribution in [2.75, 3.05) is 0 Å². The fraction of sp³-hybridized carbons (Fsp3) is 0. The lowest BCUT2D eigenvalue weighted by molar-refractivity contribution is 0.483. The average Bonchev–Trinajstić information content (AvgIpc) is 2.32. The fourth-order valence-electron chi connectivity index (χ4n) is 1.24. The van der Waals surface area contributed by atoms with Gasteiger partial charge in [0.2, 0.25) is 0 Å². The molecule has 0 atom stereocenters. The third-order valence-electron chi connectivity index (χ3n) is 2.05. The molecular weight excluding hydrogens is 302 g/mol. The van der Waals surface area contributed by atoms with Crippen molar-refractivity contribution in [1.82, 2.24) is 0 Å². The fourth-order valence-corrected chi connectivity index (χ4v) is 2.01. The Hall–Kier alpha value is -0.600. The second-order valence-electron chi connectivity index (χ2n) is 3.20. The molecule has 0 saturated carbocycles. The molecule has 0 radical (unpaired) electrons. The van der Waals surface area contributed by atoms with Crippen LogP contribution >= 0.6 is 46.4 Å². The summed E-state index contributed by atoms with van der Waals surface area (Å²) < 4.78 is 5.57. The Kier molecular flexibility index (Phi) is 4.05. The molecule has 0 saturated heterocycles. The summed E-state index contributed by atoms with van der Waals surface area (Å²) in [5, 5.41) is 1.48. The number of ether oxygens (including phenoxy) is 1. The number of halogens is 4. The smallest absolute Gasteiger partial charge is 0.166 e. The van der Waals surface area contributed by atoms with E-state index in [1.807, 2.05) is 0 Å². The number of para-hydroxylation sites is 1. The monoisotopic (exact) mass is 306 g/mol. The first kappa shape index (κ1) is 12.8. The van der Waals surface area contributed by atoms with Gasteiger partial charge in [0.25, 0.3) is 0 Å². The van der Waals surface area contributed by atoms with Crippen LogP contribution in [0.15, 0.2) is 36.4 Å². The Balaban J connectivity index is 2.43. The predicted octanol–water partition coefficient (Wildman–Crippen LogP) is 6.09. The Bertz CT molecular complexity index is 554. The predicted molar refractivity (Wildman–Crippen MR) is 73.0 cm³/mol. The van der Waals surface area contributed by atoms with Crippen LogP contribution < -0.4 is 4.74 Å². The molecule has 88 valence electrons. The summed E-state index contributed by atoms with van der Waals surface area (Å²) in [4.78, 5) is 0. The maximum atomic E-state index is 6.02. The van der Waals surface area contributed by atoms with Crippen LogP contribution in [0.25, 0.3) is 0 Å². The van der Waals surface area contributed by atoms with Crippen LogP contribution in [-0.4, -0.2) is 0 Å². The van der Waals surface area contributed by atoms with Gasteiger partial charge in [-0.1, -0.05) is 58.5 Å². The molecule has 0 heterocycles. The van der Waals surface area contributed by atoms with Crippen molar-refractivity contribution in [3.63, 3.8) is 0 Å². The molecule has 0 aromatic heterocycles. The first-order valence-electron chi connectivity index (χ1n) is 4.65. The van der Waals surface area contributed by atoms with Gasteiger partial charge in [0.1, 0.15) is 10.8 Å². The lowest BCUT2D eigenvalue weighted by Crippen LogP contribution is -1.88. The molecular formula is C12H6Cl4O. The van der Waals surface area contributed by atoms with E-state index >= 15 is 0 Å². The van der Waals surface area contributed by atoms with Gasteiger partial charge in [0, 0.05) is 0 Å². The van der Waals surface area contributed by atoms with E-state index in [2.05, 4.69) is 0 Å². The van der Waals surface area contributed by atoms with Crippen molar-refractivity contribution < 1.29 is 4.74 Å². The van der Waals surface area contributed by atoms with E-state index in [-0.39, 0.29) is 5.02 Å². The molecule has 2 rings (SSSR count). The molecule has 0 bridgehead atoms. The van der Waals surface area contributed by atoms with Gasteiger partial charge in [-0.3, -0.25) is 0 Å². The summed E-state index contributed by atoms with van der Waals surface area (Å²) in [7, 11) is 0. The van der Waals surface area contributed by atoms with Crippen molar-refractivity contribution in [2.24, 2.45) is 0 Å². The quantitative estimate of drug-likeness (QED) is 0.610. The van der Waals surface area contributed by atoms with E-state index in [1.165, 1.54) is 0 Å². The van der Waals surface area contributed by atoms with Gasteiger partial charge in [-0.05, 0) is 24.3 Å². The second-order valence-corrected chi connectivity index (χ2v) is 4.80. The molecule has 5 heteroatoms. The third kappa shape index (κ3) is 2.80. The van der Waals surface area contributed by atoms with Crippen LogP contribution in [0.2, 0.25) is 20.1 Å². The molecule has 0 aliphatic carbocycles. The summed E-state index contributed by atoms with van der Waals surface area (Å²) in [6.45, 7) is 0. The van der Waals surface area contributed by atoms with Gasteiger partial charge < -0.3 is 4.74 Å². The highest BCUT2D eigenvalue weighted by molar-refractivity contribution is 6.44. The molecule has 2 aromatic rings. The van der Waals surface area contributed by atoms with Gasteiger partial charge in [-0.25, -0.2) is 0 Å². The molecule has 0 aliphatic rings. The Morgan fingerprint density at radius 3 is 2.06 bits per heavy atom. The molecule has 0 unspecified atom stereocenters. The zero-order chi connectivity index (χ0) is 12.4. The Morgan fingerprint density at radius 2 is 1.35 bits per heavy atom. The minimum atomic E-state index is 0.263. The highest BCUT2D eigenvalue weighted by Gasteiger charge is 2.13. The molecule has 0 spiro atoms. The topological polar surface area (TPSA) is 9.23 Å². The summed E-state index contributed by atoms with van der Waals surface area (Å²) in [5.41, 5.74) is 0. The van der Waals surface area contributed by atoms with E-state index in [4.69, 9.17) is 51.1 Å². The van der Waals surface area contributed by atoms with Gasteiger partial charge >= 0.3 is 0 Å². The number of benzene rings is 2. The summed E-state index contributed by atoms with van der Waals surface area (Å²) in [5.74, 6) is 0.772. The standard InChI is InChI=1S/C12H6Cl4O/c13-7-3-1-2-4-10(7)17-12-9(15)6-5-8(14)11(12)16/h1-6H. The highest BCUT2D eigenvalue weighted by atomic mass is 35.5. The molecule has 0 amide bonds. The largest absolute Gasteiger partial charge is 0.453 e. The average molecular weight is 308 g/mol. The maximum absolute atomic E-state index is 6.02. The summed E-state index contributed by atoms with van der Waals surface area (Å²) >= 11 is 23.9. The molecule has 0 N–H and O–H groups in total. The minimum Gasteiger partial charge on any atom is -0.453 e. The Morgan fingerprint density at radius 1 is 0.706 bits per heavy atom. The number of hydrogen-bond donors (Lipinski definition) is 0. The van der Waals surface area contributed by atoms with Gasteiger partial charge in [0.15, 0.2) is 5.75 Å². The van der Waals surface area contributed by atoms with Crippen LogP contribution in [0.1, 0.15) is 0 Å². The van der Waals surface area contributed by atoms with Gasteiger partial charge in [-0.15, -0.1) is 0 Å². The van der Waals surface area contributed by atoms with Crippen LogP contribution in [-0.2, 0) is 0 Å². The first-order valence-corrected chi connectivity index (χ1v) is 6.16. The lowest BCUT2D eigenvalue weighted by Gasteiger charge is -2.11. The number of rotatable bonds is 2. The molecule has 0 fully saturated rings. The maximum Gasteiger partial charge on any atom is 0.166 e. The zero-order valence-corrected chi connectivity index (χ0v) is 11.4. The SMILES string of the molecule is Clc1ccccc1Oc1c(Cl)ccc(Cl)c1Cl. The van der Waals surface area contributed by atoms with Crippen molar-refractivity contribution in [2.45, 2.75) is 0 Å². The van der Waals surface area contributed by atoms with Crippen molar-refractivity contribution in [3.05, 3.63) is 56.5 Å².